The van der Waals surface area contributed by atoms with Crippen LogP contribution in [0, 0.1) is 13.8 Å². The largest absolute Gasteiger partial charge is 0.462 e. The van der Waals surface area contributed by atoms with Crippen molar-refractivity contribution in [2.75, 3.05) is 29.9 Å². The Kier molecular flexibility index (Phi) is 5.41. The summed E-state index contributed by atoms with van der Waals surface area (Å²) in [4.78, 5) is 42.3. The van der Waals surface area contributed by atoms with Crippen molar-refractivity contribution in [3.63, 3.8) is 0 Å². The topological polar surface area (TPSA) is 97.8 Å². The molecule has 0 fully saturated rings. The van der Waals surface area contributed by atoms with E-state index >= 15 is 0 Å². The van der Waals surface area contributed by atoms with E-state index in [4.69, 9.17) is 9.47 Å². The van der Waals surface area contributed by atoms with Crippen molar-refractivity contribution < 1.29 is 23.9 Å². The van der Waals surface area contributed by atoms with E-state index in [1.807, 2.05) is 19.1 Å². The fourth-order valence-electron chi connectivity index (χ4n) is 2.67. The van der Waals surface area contributed by atoms with Gasteiger partial charge in [-0.1, -0.05) is 17.4 Å². The van der Waals surface area contributed by atoms with Gasteiger partial charge in [-0.3, -0.25) is 4.79 Å². The first-order valence-electron chi connectivity index (χ1n) is 8.38. The highest BCUT2D eigenvalue weighted by Gasteiger charge is 2.26. The number of ether oxygens (including phenoxy) is 2. The lowest BCUT2D eigenvalue weighted by molar-refractivity contribution is -0.133. The maximum atomic E-state index is 12.4. The zero-order valence-electron chi connectivity index (χ0n) is 15.2. The van der Waals surface area contributed by atoms with Crippen molar-refractivity contribution in [1.82, 2.24) is 4.98 Å². The molecular weight excluding hydrogens is 370 g/mol. The van der Waals surface area contributed by atoms with Gasteiger partial charge in [0.25, 0.3) is 0 Å². The zero-order valence-corrected chi connectivity index (χ0v) is 16.0. The maximum absolute atomic E-state index is 12.4. The number of carbonyl (C=O) groups is 3. The SMILES string of the molecule is CCOC(=O)c1sc(NC(=O)CN2CC(=O)Oc3ccc(C)cc32)nc1C. The first-order chi connectivity index (χ1) is 12.9. The molecular formula is C18H19N3O5S. The van der Waals surface area contributed by atoms with Crippen LogP contribution in [0.4, 0.5) is 10.8 Å². The number of aromatic nitrogens is 1. The minimum Gasteiger partial charge on any atom is -0.462 e. The third-order valence-corrected chi connectivity index (χ3v) is 4.89. The molecule has 0 spiro atoms. The number of esters is 2. The molecule has 1 aliphatic heterocycles. The second-order valence-corrected chi connectivity index (χ2v) is 7.00. The summed E-state index contributed by atoms with van der Waals surface area (Å²) in [6, 6.07) is 5.41. The van der Waals surface area contributed by atoms with E-state index < -0.39 is 11.9 Å². The van der Waals surface area contributed by atoms with E-state index in [2.05, 4.69) is 10.3 Å². The molecule has 0 saturated carbocycles. The Hall–Kier alpha value is -2.94. The number of rotatable bonds is 5. The molecule has 0 unspecified atom stereocenters. The first-order valence-corrected chi connectivity index (χ1v) is 9.19. The Morgan fingerprint density at radius 1 is 1.37 bits per heavy atom. The lowest BCUT2D eigenvalue weighted by Gasteiger charge is -2.29. The predicted octanol–water partition coefficient (Wildman–Crippen LogP) is 2.30. The quantitative estimate of drug-likeness (QED) is 0.619. The second kappa shape index (κ2) is 7.75. The molecule has 1 N–H and O–H groups in total. The molecule has 0 radical (unpaired) electrons. The Balaban J connectivity index is 1.72. The van der Waals surface area contributed by atoms with Gasteiger partial charge in [0.2, 0.25) is 5.91 Å². The number of hydrogen-bond acceptors (Lipinski definition) is 8. The van der Waals surface area contributed by atoms with Crippen LogP contribution in [0.15, 0.2) is 18.2 Å². The van der Waals surface area contributed by atoms with Crippen molar-refractivity contribution in [3.8, 4) is 5.75 Å². The lowest BCUT2D eigenvalue weighted by atomic mass is 10.1. The minimum absolute atomic E-state index is 0.0190. The number of nitrogens with zero attached hydrogens (tertiary/aromatic N) is 2. The molecule has 3 rings (SSSR count). The molecule has 142 valence electrons. The van der Waals surface area contributed by atoms with Crippen molar-refractivity contribution in [2.45, 2.75) is 20.8 Å². The summed E-state index contributed by atoms with van der Waals surface area (Å²) in [5, 5.41) is 2.98. The van der Waals surface area contributed by atoms with Gasteiger partial charge in [-0.25, -0.2) is 14.6 Å². The summed E-state index contributed by atoms with van der Waals surface area (Å²) in [6.07, 6.45) is 0. The summed E-state index contributed by atoms with van der Waals surface area (Å²) in [5.41, 5.74) is 2.18. The van der Waals surface area contributed by atoms with Gasteiger partial charge in [0.05, 0.1) is 24.5 Å². The minimum atomic E-state index is -0.462. The Morgan fingerprint density at radius 3 is 2.89 bits per heavy atom. The molecule has 0 atom stereocenters. The highest BCUT2D eigenvalue weighted by molar-refractivity contribution is 7.17. The number of fused-ring (bicyclic) bond motifs is 1. The second-order valence-electron chi connectivity index (χ2n) is 6.00. The summed E-state index contributed by atoms with van der Waals surface area (Å²) in [5.74, 6) is -0.800. The molecule has 2 aromatic rings. The van der Waals surface area contributed by atoms with Crippen LogP contribution in [0.25, 0.3) is 0 Å². The molecule has 0 saturated heterocycles. The third kappa shape index (κ3) is 4.25. The molecule has 0 bridgehead atoms. The van der Waals surface area contributed by atoms with E-state index in [9.17, 15) is 14.4 Å². The van der Waals surface area contributed by atoms with Gasteiger partial charge < -0.3 is 19.7 Å². The van der Waals surface area contributed by atoms with E-state index in [0.29, 0.717) is 27.1 Å². The first kappa shape index (κ1) is 18.8. The van der Waals surface area contributed by atoms with Crippen LogP contribution in [-0.4, -0.2) is 42.5 Å². The zero-order chi connectivity index (χ0) is 19.6. The number of nitrogens with one attached hydrogen (secondary N) is 1. The molecule has 1 amide bonds. The summed E-state index contributed by atoms with van der Waals surface area (Å²) in [6.45, 7) is 5.53. The Morgan fingerprint density at radius 2 is 2.15 bits per heavy atom. The molecule has 0 aliphatic carbocycles. The number of anilines is 2. The normalized spacial score (nSPS) is 13.0. The average Bonchev–Trinajstić information content (AvgIpc) is 2.96. The van der Waals surface area contributed by atoms with Crippen LogP contribution in [0.5, 0.6) is 5.75 Å². The van der Waals surface area contributed by atoms with E-state index in [-0.39, 0.29) is 25.6 Å². The Labute approximate surface area is 160 Å². The van der Waals surface area contributed by atoms with Crippen LogP contribution in [0.1, 0.15) is 27.9 Å². The van der Waals surface area contributed by atoms with Crippen molar-refractivity contribution >= 4 is 40.0 Å². The highest BCUT2D eigenvalue weighted by Crippen LogP contribution is 2.32. The van der Waals surface area contributed by atoms with E-state index in [0.717, 1.165) is 16.9 Å². The van der Waals surface area contributed by atoms with Gasteiger partial charge in [0.15, 0.2) is 10.9 Å². The van der Waals surface area contributed by atoms with Crippen molar-refractivity contribution in [1.29, 1.82) is 0 Å². The van der Waals surface area contributed by atoms with Crippen molar-refractivity contribution in [3.05, 3.63) is 34.3 Å². The number of thiazole rings is 1. The summed E-state index contributed by atoms with van der Waals surface area (Å²) in [7, 11) is 0. The van der Waals surface area contributed by atoms with Gasteiger partial charge in [-0.05, 0) is 38.5 Å². The van der Waals surface area contributed by atoms with Gasteiger partial charge in [-0.15, -0.1) is 0 Å². The van der Waals surface area contributed by atoms with E-state index in [1.54, 1.807) is 24.8 Å². The maximum Gasteiger partial charge on any atom is 0.350 e. The average molecular weight is 389 g/mol. The molecule has 1 aromatic carbocycles. The predicted molar refractivity (Wildman–Crippen MR) is 100 cm³/mol. The fraction of sp³-hybridized carbons (Fsp3) is 0.333. The molecule has 27 heavy (non-hydrogen) atoms. The smallest absolute Gasteiger partial charge is 0.350 e. The van der Waals surface area contributed by atoms with Gasteiger partial charge in [-0.2, -0.15) is 0 Å². The Bertz CT molecular complexity index is 908. The summed E-state index contributed by atoms with van der Waals surface area (Å²) >= 11 is 1.06. The highest BCUT2D eigenvalue weighted by atomic mass is 32.1. The van der Waals surface area contributed by atoms with Crippen LogP contribution in [-0.2, 0) is 14.3 Å². The standard InChI is InChI=1S/C18H19N3O5S/c1-4-25-17(24)16-11(3)19-18(27-16)20-14(22)8-21-9-15(23)26-13-6-5-10(2)7-12(13)21/h5-7H,4,8-9H2,1-3H3,(H,19,20,22). The molecule has 9 heteroatoms. The molecule has 2 heterocycles. The molecule has 1 aromatic heterocycles. The van der Waals surface area contributed by atoms with Gasteiger partial charge in [0.1, 0.15) is 11.4 Å². The fourth-order valence-corrected chi connectivity index (χ4v) is 3.54. The van der Waals surface area contributed by atoms with Crippen LogP contribution >= 0.6 is 11.3 Å². The number of amides is 1. The lowest BCUT2D eigenvalue weighted by Crippen LogP contribution is -2.41. The molecule has 8 nitrogen and oxygen atoms in total. The van der Waals surface area contributed by atoms with Crippen LogP contribution in [0.3, 0.4) is 0 Å². The van der Waals surface area contributed by atoms with Gasteiger partial charge >= 0.3 is 11.9 Å². The summed E-state index contributed by atoms with van der Waals surface area (Å²) < 4.78 is 10.2. The van der Waals surface area contributed by atoms with Gasteiger partial charge in [0, 0.05) is 0 Å². The van der Waals surface area contributed by atoms with E-state index in [1.165, 1.54) is 0 Å². The number of benzene rings is 1. The number of aryl methyl sites for hydroxylation is 2. The van der Waals surface area contributed by atoms with Crippen molar-refractivity contribution in [2.24, 2.45) is 0 Å². The molecule has 1 aliphatic rings. The van der Waals surface area contributed by atoms with Crippen LogP contribution < -0.4 is 15.0 Å². The third-order valence-electron chi connectivity index (χ3n) is 3.84. The van der Waals surface area contributed by atoms with Crippen LogP contribution in [0.2, 0.25) is 0 Å². The number of carbonyl (C=O) groups excluding carboxylic acids is 3. The monoisotopic (exact) mass is 389 g/mol. The number of hydrogen-bond donors (Lipinski definition) is 1.